The quantitative estimate of drug-likeness (QED) is 0.157. The molecule has 10 atom stereocenters. The number of carboxylic acids is 1. The standard InChI is InChI=1S/C42H70N2O5/c1-26(2)27-14-19-42(22-32(45)44-25-37(5,6)43)21-20-40(10)28(35(27)42)12-13-30-39(9)17-16-31(38(7,8)29(39)15-18-41(30,40)11)49-34(48)24-36(3,4)23-33(46)47/h27-31,35H,1,12-25,43H2,2-11H3,(H,44,45)(H,46,47)/t27-,28+,29?,30?,31?,35?,39-,40+,41+,42+/m0/s1. The van der Waals surface area contributed by atoms with E-state index in [-0.39, 0.29) is 57.9 Å². The predicted octanol–water partition coefficient (Wildman–Crippen LogP) is 8.69. The number of carboxylic acid groups (broad SMARTS) is 1. The van der Waals surface area contributed by atoms with E-state index in [0.29, 0.717) is 42.6 Å². The van der Waals surface area contributed by atoms with Crippen molar-refractivity contribution >= 4 is 17.8 Å². The van der Waals surface area contributed by atoms with Gasteiger partial charge in [0.15, 0.2) is 0 Å². The minimum Gasteiger partial charge on any atom is -0.481 e. The molecule has 0 aromatic carbocycles. The second-order valence-corrected chi connectivity index (χ2v) is 20.7. The van der Waals surface area contributed by atoms with Crippen LogP contribution in [0.2, 0.25) is 0 Å². The highest BCUT2D eigenvalue weighted by Crippen LogP contribution is 2.78. The van der Waals surface area contributed by atoms with E-state index in [0.717, 1.165) is 38.5 Å². The zero-order valence-electron chi connectivity index (χ0n) is 32.7. The number of aliphatic carboxylic acids is 1. The van der Waals surface area contributed by atoms with Gasteiger partial charge in [0.25, 0.3) is 0 Å². The molecular weight excluding hydrogens is 612 g/mol. The molecule has 0 aromatic heterocycles. The molecule has 0 radical (unpaired) electrons. The molecule has 5 aliphatic rings. The van der Waals surface area contributed by atoms with Crippen LogP contribution in [0.4, 0.5) is 0 Å². The first-order valence-electron chi connectivity index (χ1n) is 19.5. The molecule has 0 heterocycles. The summed E-state index contributed by atoms with van der Waals surface area (Å²) in [7, 11) is 0. The maximum atomic E-state index is 13.5. The predicted molar refractivity (Wildman–Crippen MR) is 195 cm³/mol. The van der Waals surface area contributed by atoms with Crippen LogP contribution >= 0.6 is 0 Å². The molecule has 7 nitrogen and oxygen atoms in total. The normalized spacial score (nSPS) is 41.4. The van der Waals surface area contributed by atoms with Gasteiger partial charge in [-0.1, -0.05) is 60.6 Å². The Kier molecular flexibility index (Phi) is 9.90. The number of rotatable bonds is 10. The number of nitrogens with one attached hydrogen (secondary N) is 1. The highest BCUT2D eigenvalue weighted by molar-refractivity contribution is 5.77. The zero-order chi connectivity index (χ0) is 36.6. The number of ether oxygens (including phenoxy) is 1. The van der Waals surface area contributed by atoms with Gasteiger partial charge in [-0.3, -0.25) is 14.4 Å². The van der Waals surface area contributed by atoms with Gasteiger partial charge < -0.3 is 20.9 Å². The molecule has 0 aromatic rings. The largest absolute Gasteiger partial charge is 0.481 e. The van der Waals surface area contributed by atoms with E-state index in [4.69, 9.17) is 10.5 Å². The second-order valence-electron chi connectivity index (χ2n) is 20.7. The van der Waals surface area contributed by atoms with Gasteiger partial charge in [0.2, 0.25) is 5.91 Å². The van der Waals surface area contributed by atoms with E-state index in [9.17, 15) is 19.5 Å². The molecule has 49 heavy (non-hydrogen) atoms. The van der Waals surface area contributed by atoms with Crippen LogP contribution < -0.4 is 11.1 Å². The average molecular weight is 683 g/mol. The van der Waals surface area contributed by atoms with Gasteiger partial charge in [-0.05, 0) is 142 Å². The molecular formula is C42H70N2O5. The fourth-order valence-electron chi connectivity index (χ4n) is 13.5. The van der Waals surface area contributed by atoms with Crippen LogP contribution in [0.5, 0.6) is 0 Å². The third-order valence-electron chi connectivity index (χ3n) is 16.0. The molecule has 4 N–H and O–H groups in total. The fourth-order valence-corrected chi connectivity index (χ4v) is 13.5. The van der Waals surface area contributed by atoms with E-state index in [1.807, 2.05) is 27.7 Å². The lowest BCUT2D eigenvalue weighted by Crippen LogP contribution is -2.67. The number of hydrogen-bond donors (Lipinski definition) is 3. The lowest BCUT2D eigenvalue weighted by atomic mass is 9.32. The average Bonchev–Trinajstić information content (AvgIpc) is 3.32. The number of carbonyl (C=O) groups excluding carboxylic acids is 2. The van der Waals surface area contributed by atoms with Crippen molar-refractivity contribution < 1.29 is 24.2 Å². The Morgan fingerprint density at radius 1 is 0.857 bits per heavy atom. The van der Waals surface area contributed by atoms with Crippen molar-refractivity contribution in [2.45, 2.75) is 164 Å². The minimum atomic E-state index is -0.885. The lowest BCUT2D eigenvalue weighted by molar-refractivity contribution is -0.250. The van der Waals surface area contributed by atoms with Gasteiger partial charge in [0, 0.05) is 23.9 Å². The number of allylic oxidation sites excluding steroid dienone is 1. The Bertz CT molecular complexity index is 1330. The van der Waals surface area contributed by atoms with Gasteiger partial charge in [-0.15, -0.1) is 0 Å². The number of nitrogens with two attached hydrogens (primary N) is 1. The van der Waals surface area contributed by atoms with Gasteiger partial charge >= 0.3 is 11.9 Å². The van der Waals surface area contributed by atoms with Crippen molar-refractivity contribution in [1.29, 1.82) is 0 Å². The number of esters is 1. The first kappa shape index (κ1) is 38.3. The SMILES string of the molecule is C=C(C)[C@@H]1CC[C@]2(CC(=O)NCC(C)(C)N)CC[C@]3(C)[C@H](CCC4[C@@]5(C)CCC(OC(=O)CC(C)(C)CC(=O)O)C(C)(C)C5CC[C@]43C)C12. The highest BCUT2D eigenvalue weighted by Gasteiger charge is 2.71. The molecule has 278 valence electrons. The smallest absolute Gasteiger partial charge is 0.306 e. The second kappa shape index (κ2) is 12.7. The molecule has 0 saturated heterocycles. The first-order valence-corrected chi connectivity index (χ1v) is 19.5. The number of carbonyl (C=O) groups is 3. The van der Waals surface area contributed by atoms with Crippen LogP contribution in [0.25, 0.3) is 0 Å². The summed E-state index contributed by atoms with van der Waals surface area (Å²) in [6.45, 7) is 27.4. The Balaban J connectivity index is 1.38. The molecule has 1 amide bonds. The Morgan fingerprint density at radius 2 is 1.53 bits per heavy atom. The summed E-state index contributed by atoms with van der Waals surface area (Å²) in [4.78, 5) is 38.1. The molecule has 5 fully saturated rings. The minimum absolute atomic E-state index is 0.0316. The van der Waals surface area contributed by atoms with E-state index in [1.54, 1.807) is 0 Å². The van der Waals surface area contributed by atoms with Gasteiger partial charge in [0.05, 0.1) is 12.8 Å². The van der Waals surface area contributed by atoms with E-state index in [1.165, 1.54) is 31.3 Å². The molecule has 5 aliphatic carbocycles. The van der Waals surface area contributed by atoms with Crippen LogP contribution in [-0.2, 0) is 19.1 Å². The van der Waals surface area contributed by atoms with Crippen molar-refractivity contribution in [3.63, 3.8) is 0 Å². The van der Waals surface area contributed by atoms with E-state index in [2.05, 4.69) is 53.4 Å². The summed E-state index contributed by atoms with van der Waals surface area (Å²) in [5.41, 5.74) is 6.88. The maximum absolute atomic E-state index is 13.5. The molecule has 5 rings (SSSR count). The molecule has 7 heteroatoms. The molecule has 0 bridgehead atoms. The van der Waals surface area contributed by atoms with Crippen LogP contribution in [-0.4, -0.2) is 41.1 Å². The van der Waals surface area contributed by atoms with Crippen molar-refractivity contribution in [3.8, 4) is 0 Å². The highest BCUT2D eigenvalue weighted by atomic mass is 16.5. The summed E-state index contributed by atoms with van der Waals surface area (Å²) >= 11 is 0. The maximum Gasteiger partial charge on any atom is 0.306 e. The van der Waals surface area contributed by atoms with E-state index < -0.39 is 16.9 Å². The van der Waals surface area contributed by atoms with Crippen LogP contribution in [0.3, 0.4) is 0 Å². The summed E-state index contributed by atoms with van der Waals surface area (Å²) in [5.74, 6) is 1.58. The van der Waals surface area contributed by atoms with Crippen LogP contribution in [0, 0.1) is 62.1 Å². The molecule has 5 saturated carbocycles. The van der Waals surface area contributed by atoms with Crippen molar-refractivity contribution in [2.75, 3.05) is 6.54 Å². The number of amides is 1. The third kappa shape index (κ3) is 6.65. The van der Waals surface area contributed by atoms with Crippen molar-refractivity contribution in [2.24, 2.45) is 67.8 Å². The molecule has 0 spiro atoms. The Morgan fingerprint density at radius 3 is 2.14 bits per heavy atom. The van der Waals surface area contributed by atoms with E-state index >= 15 is 0 Å². The van der Waals surface area contributed by atoms with Crippen molar-refractivity contribution in [1.82, 2.24) is 5.32 Å². The van der Waals surface area contributed by atoms with Crippen LogP contribution in [0.15, 0.2) is 12.2 Å². The summed E-state index contributed by atoms with van der Waals surface area (Å²) in [6, 6.07) is 0. The van der Waals surface area contributed by atoms with Gasteiger partial charge in [-0.2, -0.15) is 0 Å². The Labute approximate surface area is 297 Å². The summed E-state index contributed by atoms with van der Waals surface area (Å²) in [5, 5.41) is 12.5. The first-order chi connectivity index (χ1) is 22.4. The topological polar surface area (TPSA) is 119 Å². The number of hydrogen-bond acceptors (Lipinski definition) is 5. The molecule has 4 unspecified atom stereocenters. The third-order valence-corrected chi connectivity index (χ3v) is 16.0. The fraction of sp³-hybridized carbons (Fsp3) is 0.881. The van der Waals surface area contributed by atoms with Crippen molar-refractivity contribution in [3.05, 3.63) is 12.2 Å². The zero-order valence-corrected chi connectivity index (χ0v) is 32.7. The molecule has 0 aliphatic heterocycles. The van der Waals surface area contributed by atoms with Crippen LogP contribution in [0.1, 0.15) is 153 Å². The lowest BCUT2D eigenvalue weighted by Gasteiger charge is -2.73. The van der Waals surface area contributed by atoms with Gasteiger partial charge in [-0.25, -0.2) is 0 Å². The summed E-state index contributed by atoms with van der Waals surface area (Å²) in [6.07, 6.45) is 11.7. The summed E-state index contributed by atoms with van der Waals surface area (Å²) < 4.78 is 6.27. The van der Waals surface area contributed by atoms with Gasteiger partial charge in [0.1, 0.15) is 6.10 Å². The number of fused-ring (bicyclic) bond motifs is 7. The Hall–Kier alpha value is -1.89. The monoisotopic (exact) mass is 683 g/mol.